The van der Waals surface area contributed by atoms with Gasteiger partial charge in [-0.25, -0.2) is 0 Å². The van der Waals surface area contributed by atoms with E-state index in [1.54, 1.807) is 7.11 Å². The molecule has 0 amide bonds. The Hall–Kier alpha value is -2.66. The zero-order valence-corrected chi connectivity index (χ0v) is 17.8. The van der Waals surface area contributed by atoms with Crippen LogP contribution in [-0.4, -0.2) is 31.0 Å². The van der Waals surface area contributed by atoms with Crippen LogP contribution in [-0.2, 0) is 6.42 Å². The molecule has 0 bridgehead atoms. The number of H-pyrrole nitrogens is 1. The van der Waals surface area contributed by atoms with Crippen molar-refractivity contribution in [1.29, 1.82) is 0 Å². The van der Waals surface area contributed by atoms with E-state index in [9.17, 15) is 4.79 Å². The largest absolute Gasteiger partial charge is 0.497 e. The third kappa shape index (κ3) is 4.42. The fraction of sp³-hybridized carbons (Fsp3) is 0.318. The Kier molecular flexibility index (Phi) is 6.97. The lowest BCUT2D eigenvalue weighted by Crippen LogP contribution is -2.09. The van der Waals surface area contributed by atoms with E-state index in [-0.39, 0.29) is 24.0 Å². The topological polar surface area (TPSA) is 50.3 Å². The van der Waals surface area contributed by atoms with Gasteiger partial charge in [0.25, 0.3) is 5.56 Å². The third-order valence-corrected chi connectivity index (χ3v) is 4.74. The number of benzene rings is 2. The summed E-state index contributed by atoms with van der Waals surface area (Å²) in [6, 6.07) is 16.3. The van der Waals surface area contributed by atoms with E-state index in [0.717, 1.165) is 33.8 Å². The lowest BCUT2D eigenvalue weighted by Gasteiger charge is -2.16. The molecule has 150 valence electrons. The molecule has 28 heavy (non-hydrogen) atoms. The second-order valence-corrected chi connectivity index (χ2v) is 7.20. The quantitative estimate of drug-likeness (QED) is 0.661. The lowest BCUT2D eigenvalue weighted by atomic mass is 10.0. The molecule has 3 rings (SSSR count). The molecule has 0 spiro atoms. The van der Waals surface area contributed by atoms with Crippen molar-refractivity contribution in [3.8, 4) is 17.0 Å². The fourth-order valence-corrected chi connectivity index (χ4v) is 3.22. The van der Waals surface area contributed by atoms with Crippen LogP contribution in [0, 0.1) is 0 Å². The molecule has 0 saturated heterocycles. The van der Waals surface area contributed by atoms with Crippen LogP contribution in [0.4, 0.5) is 5.69 Å². The van der Waals surface area contributed by atoms with Crippen molar-refractivity contribution in [3.63, 3.8) is 0 Å². The molecule has 0 fully saturated rings. The number of nitrogens with zero attached hydrogens (tertiary/aromatic N) is 2. The molecule has 1 aromatic heterocycles. The Morgan fingerprint density at radius 3 is 2.14 bits per heavy atom. The first-order chi connectivity index (χ1) is 12.9. The van der Waals surface area contributed by atoms with Crippen LogP contribution in [0.5, 0.6) is 5.75 Å². The highest BCUT2D eigenvalue weighted by Crippen LogP contribution is 2.28. The molecule has 0 atom stereocenters. The summed E-state index contributed by atoms with van der Waals surface area (Å²) in [6.45, 7) is 4.15. The number of hydrogen-bond donors (Lipinski definition) is 1. The molecule has 1 heterocycles. The van der Waals surface area contributed by atoms with Crippen LogP contribution >= 0.6 is 12.4 Å². The lowest BCUT2D eigenvalue weighted by molar-refractivity contribution is 0.414. The molecule has 3 aromatic rings. The number of aromatic nitrogens is 2. The van der Waals surface area contributed by atoms with Gasteiger partial charge in [-0.15, -0.1) is 12.4 Å². The van der Waals surface area contributed by atoms with E-state index in [1.807, 2.05) is 43.0 Å². The standard InChI is InChI=1S/C22H27N3O2.ClH/c1-15(2)25-21(17-8-10-18(11-9-17)24(3)4)20(22(26)23-25)14-16-6-12-19(27-5)13-7-16;/h6-13,15H,14H2,1-5H3,(H,23,26);1H. The average molecular weight is 402 g/mol. The number of halogens is 1. The van der Waals surface area contributed by atoms with Gasteiger partial charge in [-0.05, 0) is 43.7 Å². The molecule has 0 radical (unpaired) electrons. The van der Waals surface area contributed by atoms with Crippen LogP contribution in [0.3, 0.4) is 0 Å². The number of aromatic amines is 1. The fourth-order valence-electron chi connectivity index (χ4n) is 3.22. The molecule has 0 aliphatic heterocycles. The molecule has 6 heteroatoms. The van der Waals surface area contributed by atoms with Crippen molar-refractivity contribution in [3.05, 3.63) is 70.0 Å². The van der Waals surface area contributed by atoms with Gasteiger partial charge in [-0.1, -0.05) is 24.3 Å². The van der Waals surface area contributed by atoms with Crippen molar-refractivity contribution in [2.24, 2.45) is 0 Å². The van der Waals surface area contributed by atoms with Gasteiger partial charge in [0, 0.05) is 43.4 Å². The van der Waals surface area contributed by atoms with E-state index in [4.69, 9.17) is 4.74 Å². The van der Waals surface area contributed by atoms with Crippen LogP contribution in [0.1, 0.15) is 31.0 Å². The maximum Gasteiger partial charge on any atom is 0.268 e. The highest BCUT2D eigenvalue weighted by atomic mass is 35.5. The molecule has 0 saturated carbocycles. The Morgan fingerprint density at radius 2 is 1.64 bits per heavy atom. The molecule has 0 unspecified atom stereocenters. The highest BCUT2D eigenvalue weighted by Gasteiger charge is 2.19. The highest BCUT2D eigenvalue weighted by molar-refractivity contribution is 5.85. The van der Waals surface area contributed by atoms with Crippen LogP contribution < -0.4 is 15.2 Å². The van der Waals surface area contributed by atoms with Crippen molar-refractivity contribution in [2.75, 3.05) is 26.1 Å². The number of ether oxygens (including phenoxy) is 1. The summed E-state index contributed by atoms with van der Waals surface area (Å²) in [5.74, 6) is 0.812. The normalized spacial score (nSPS) is 10.6. The van der Waals surface area contributed by atoms with Crippen LogP contribution in [0.15, 0.2) is 53.3 Å². The zero-order valence-electron chi connectivity index (χ0n) is 17.0. The summed E-state index contributed by atoms with van der Waals surface area (Å²) in [4.78, 5) is 14.8. The van der Waals surface area contributed by atoms with Crippen LogP contribution in [0.25, 0.3) is 11.3 Å². The minimum Gasteiger partial charge on any atom is -0.497 e. The molecular formula is C22H28ClN3O2. The van der Waals surface area contributed by atoms with E-state index < -0.39 is 0 Å². The second kappa shape index (κ2) is 9.02. The van der Waals surface area contributed by atoms with Gasteiger partial charge in [0.15, 0.2) is 0 Å². The first-order valence-corrected chi connectivity index (χ1v) is 9.14. The maximum atomic E-state index is 12.7. The molecular weight excluding hydrogens is 374 g/mol. The van der Waals surface area contributed by atoms with Gasteiger partial charge in [0.2, 0.25) is 0 Å². The van der Waals surface area contributed by atoms with Gasteiger partial charge in [-0.3, -0.25) is 14.6 Å². The molecule has 0 aliphatic carbocycles. The Balaban J connectivity index is 0.00000280. The van der Waals surface area contributed by atoms with Gasteiger partial charge in [-0.2, -0.15) is 0 Å². The average Bonchev–Trinajstić information content (AvgIpc) is 2.99. The Bertz CT molecular complexity index is 955. The van der Waals surface area contributed by atoms with Crippen molar-refractivity contribution >= 4 is 18.1 Å². The second-order valence-electron chi connectivity index (χ2n) is 7.20. The van der Waals surface area contributed by atoms with Crippen molar-refractivity contribution < 1.29 is 4.74 Å². The summed E-state index contributed by atoms with van der Waals surface area (Å²) < 4.78 is 7.19. The van der Waals surface area contributed by atoms with E-state index >= 15 is 0 Å². The van der Waals surface area contributed by atoms with Crippen molar-refractivity contribution in [1.82, 2.24) is 9.78 Å². The smallest absolute Gasteiger partial charge is 0.268 e. The summed E-state index contributed by atoms with van der Waals surface area (Å²) >= 11 is 0. The van der Waals surface area contributed by atoms with E-state index in [2.05, 4.69) is 48.1 Å². The predicted octanol–water partition coefficient (Wildman–Crippen LogP) is 4.51. The number of methoxy groups -OCH3 is 1. The van der Waals surface area contributed by atoms with Gasteiger partial charge < -0.3 is 9.64 Å². The first-order valence-electron chi connectivity index (χ1n) is 9.14. The van der Waals surface area contributed by atoms with Crippen LogP contribution in [0.2, 0.25) is 0 Å². The Labute approximate surface area is 172 Å². The number of nitrogens with one attached hydrogen (secondary N) is 1. The summed E-state index contributed by atoms with van der Waals surface area (Å²) in [5.41, 5.74) is 4.95. The first kappa shape index (κ1) is 21.6. The summed E-state index contributed by atoms with van der Waals surface area (Å²) in [5, 5.41) is 3.02. The predicted molar refractivity (Wildman–Crippen MR) is 118 cm³/mol. The molecule has 2 aromatic carbocycles. The van der Waals surface area contributed by atoms with Gasteiger partial charge >= 0.3 is 0 Å². The summed E-state index contributed by atoms with van der Waals surface area (Å²) in [7, 11) is 5.69. The number of hydrogen-bond acceptors (Lipinski definition) is 3. The van der Waals surface area contributed by atoms with E-state index in [1.165, 1.54) is 0 Å². The zero-order chi connectivity index (χ0) is 19.6. The maximum absolute atomic E-state index is 12.7. The van der Waals surface area contributed by atoms with Crippen molar-refractivity contribution in [2.45, 2.75) is 26.3 Å². The minimum absolute atomic E-state index is 0. The minimum atomic E-state index is -0.0359. The molecule has 5 nitrogen and oxygen atoms in total. The molecule has 1 N–H and O–H groups in total. The number of rotatable bonds is 6. The van der Waals surface area contributed by atoms with Gasteiger partial charge in [0.05, 0.1) is 12.8 Å². The number of anilines is 1. The summed E-state index contributed by atoms with van der Waals surface area (Å²) in [6.07, 6.45) is 0.573. The van der Waals surface area contributed by atoms with Gasteiger partial charge in [0.1, 0.15) is 5.75 Å². The monoisotopic (exact) mass is 401 g/mol. The third-order valence-electron chi connectivity index (χ3n) is 4.74. The molecule has 0 aliphatic rings. The Morgan fingerprint density at radius 1 is 1.04 bits per heavy atom. The SMILES string of the molecule is COc1ccc(Cc2c(-c3ccc(N(C)C)cc3)n(C(C)C)[nH]c2=O)cc1.Cl. The van der Waals surface area contributed by atoms with E-state index in [0.29, 0.717) is 6.42 Å².